The van der Waals surface area contributed by atoms with Crippen molar-refractivity contribution in [3.8, 4) is 11.5 Å². The van der Waals surface area contributed by atoms with Crippen LogP contribution in [0.15, 0.2) is 30.5 Å². The van der Waals surface area contributed by atoms with E-state index in [1.54, 1.807) is 10.9 Å². The molecule has 0 unspecified atom stereocenters. The van der Waals surface area contributed by atoms with Gasteiger partial charge in [-0.05, 0) is 30.7 Å². The Bertz CT molecular complexity index is 948. The molecule has 0 saturated carbocycles. The molecule has 0 fully saturated rings. The summed E-state index contributed by atoms with van der Waals surface area (Å²) in [5, 5.41) is 8.09. The minimum atomic E-state index is -0.176. The van der Waals surface area contributed by atoms with E-state index < -0.39 is 0 Å². The first-order valence-corrected chi connectivity index (χ1v) is 7.58. The zero-order valence-corrected chi connectivity index (χ0v) is 13.4. The van der Waals surface area contributed by atoms with E-state index in [9.17, 15) is 4.79 Å². The van der Waals surface area contributed by atoms with Crippen molar-refractivity contribution in [2.45, 2.75) is 13.5 Å². The molecule has 0 atom stereocenters. The molecule has 1 amide bonds. The van der Waals surface area contributed by atoms with E-state index in [0.717, 1.165) is 28.0 Å². The third kappa shape index (κ3) is 2.44. The number of carbonyl (C=O) groups excluding carboxylic acids is 1. The number of aromatic nitrogens is 3. The zero-order valence-electron chi connectivity index (χ0n) is 13.4. The predicted molar refractivity (Wildman–Crippen MR) is 87.0 cm³/mol. The summed E-state index contributed by atoms with van der Waals surface area (Å²) in [6.45, 7) is 2.54. The number of aryl methyl sites for hydroxylation is 2. The topological polar surface area (TPSA) is 78.3 Å². The molecule has 122 valence electrons. The van der Waals surface area contributed by atoms with Gasteiger partial charge in [0.25, 0.3) is 5.91 Å². The van der Waals surface area contributed by atoms with E-state index in [-0.39, 0.29) is 12.7 Å². The lowest BCUT2D eigenvalue weighted by molar-refractivity contribution is 0.0950. The quantitative estimate of drug-likeness (QED) is 0.796. The summed E-state index contributed by atoms with van der Waals surface area (Å²) in [5.74, 6) is 1.26. The number of hydrogen-bond acceptors (Lipinski definition) is 5. The lowest BCUT2D eigenvalue weighted by Gasteiger charge is -2.06. The zero-order chi connectivity index (χ0) is 16.7. The number of ether oxygens (including phenoxy) is 2. The third-order valence-corrected chi connectivity index (χ3v) is 4.02. The average molecular weight is 324 g/mol. The molecule has 0 saturated heterocycles. The summed E-state index contributed by atoms with van der Waals surface area (Å²) in [6.07, 6.45) is 1.57. The molecular weight excluding hydrogens is 308 g/mol. The van der Waals surface area contributed by atoms with Gasteiger partial charge in [0, 0.05) is 25.2 Å². The van der Waals surface area contributed by atoms with E-state index in [2.05, 4.69) is 15.4 Å². The van der Waals surface area contributed by atoms with Crippen LogP contribution in [0.2, 0.25) is 0 Å². The molecule has 3 heterocycles. The summed E-state index contributed by atoms with van der Waals surface area (Å²) in [6, 6.07) is 7.44. The summed E-state index contributed by atoms with van der Waals surface area (Å²) in [4.78, 5) is 16.7. The van der Waals surface area contributed by atoms with Crippen molar-refractivity contribution in [2.75, 3.05) is 6.79 Å². The number of nitrogens with zero attached hydrogens (tertiary/aromatic N) is 3. The van der Waals surface area contributed by atoms with E-state index in [4.69, 9.17) is 9.47 Å². The molecule has 1 aliphatic heterocycles. The fourth-order valence-corrected chi connectivity index (χ4v) is 2.77. The summed E-state index contributed by atoms with van der Waals surface area (Å²) in [5.41, 5.74) is 3.07. The van der Waals surface area contributed by atoms with Crippen LogP contribution in [0.4, 0.5) is 0 Å². The van der Waals surface area contributed by atoms with Crippen molar-refractivity contribution in [1.82, 2.24) is 20.1 Å². The lowest BCUT2D eigenvalue weighted by Crippen LogP contribution is -2.22. The first-order valence-electron chi connectivity index (χ1n) is 7.58. The van der Waals surface area contributed by atoms with Crippen molar-refractivity contribution < 1.29 is 14.3 Å². The number of benzene rings is 1. The fraction of sp³-hybridized carbons (Fsp3) is 0.235. The Labute approximate surface area is 138 Å². The molecule has 0 aliphatic carbocycles. The molecule has 0 bridgehead atoms. The first-order chi connectivity index (χ1) is 11.6. The molecule has 3 aromatic rings. The van der Waals surface area contributed by atoms with Crippen LogP contribution in [0.1, 0.15) is 21.6 Å². The number of amides is 1. The van der Waals surface area contributed by atoms with Gasteiger partial charge >= 0.3 is 0 Å². The number of hydrogen-bond donors (Lipinski definition) is 1. The minimum Gasteiger partial charge on any atom is -0.454 e. The second-order valence-corrected chi connectivity index (χ2v) is 5.67. The highest BCUT2D eigenvalue weighted by atomic mass is 16.7. The number of pyridine rings is 1. The smallest absolute Gasteiger partial charge is 0.253 e. The van der Waals surface area contributed by atoms with Crippen molar-refractivity contribution in [3.05, 3.63) is 47.3 Å². The predicted octanol–water partition coefficient (Wildman–Crippen LogP) is 1.94. The molecule has 2 aromatic heterocycles. The van der Waals surface area contributed by atoms with Gasteiger partial charge in [-0.25, -0.2) is 4.98 Å². The molecule has 4 rings (SSSR count). The van der Waals surface area contributed by atoms with E-state index in [1.807, 2.05) is 38.2 Å². The number of nitrogens with one attached hydrogen (secondary N) is 1. The minimum absolute atomic E-state index is 0.176. The summed E-state index contributed by atoms with van der Waals surface area (Å²) < 4.78 is 12.3. The van der Waals surface area contributed by atoms with Crippen LogP contribution in [0.5, 0.6) is 11.5 Å². The maximum Gasteiger partial charge on any atom is 0.253 e. The van der Waals surface area contributed by atoms with Crippen LogP contribution in [0.25, 0.3) is 11.0 Å². The SMILES string of the molecule is Cc1nn(C)c2ncc(C(=O)NCc3ccc4c(c3)OCO4)cc12. The standard InChI is InChI=1S/C17H16N4O3/c1-10-13-6-12(8-18-16(13)21(2)20-10)17(22)19-7-11-3-4-14-15(5-11)24-9-23-14/h3-6,8H,7,9H2,1-2H3,(H,19,22). The Morgan fingerprint density at radius 2 is 2.12 bits per heavy atom. The van der Waals surface area contributed by atoms with Gasteiger partial charge in [-0.1, -0.05) is 6.07 Å². The average Bonchev–Trinajstić information content (AvgIpc) is 3.16. The van der Waals surface area contributed by atoms with Crippen LogP contribution >= 0.6 is 0 Å². The Kier molecular flexibility index (Phi) is 3.34. The van der Waals surface area contributed by atoms with Crippen LogP contribution in [0, 0.1) is 6.92 Å². The Morgan fingerprint density at radius 3 is 3.00 bits per heavy atom. The molecule has 24 heavy (non-hydrogen) atoms. The first kappa shape index (κ1) is 14.5. The van der Waals surface area contributed by atoms with E-state index >= 15 is 0 Å². The van der Waals surface area contributed by atoms with Crippen LogP contribution < -0.4 is 14.8 Å². The van der Waals surface area contributed by atoms with Crippen LogP contribution in [0.3, 0.4) is 0 Å². The molecule has 7 nitrogen and oxygen atoms in total. The Hall–Kier alpha value is -3.09. The fourth-order valence-electron chi connectivity index (χ4n) is 2.77. The number of fused-ring (bicyclic) bond motifs is 2. The summed E-state index contributed by atoms with van der Waals surface area (Å²) in [7, 11) is 1.84. The molecule has 1 N–H and O–H groups in total. The van der Waals surface area contributed by atoms with Gasteiger partial charge in [0.1, 0.15) is 0 Å². The third-order valence-electron chi connectivity index (χ3n) is 4.02. The number of carbonyl (C=O) groups is 1. The van der Waals surface area contributed by atoms with Gasteiger partial charge in [0.15, 0.2) is 17.1 Å². The molecular formula is C17H16N4O3. The second kappa shape index (κ2) is 5.52. The highest BCUT2D eigenvalue weighted by Crippen LogP contribution is 2.32. The maximum absolute atomic E-state index is 12.4. The summed E-state index contributed by atoms with van der Waals surface area (Å²) >= 11 is 0. The van der Waals surface area contributed by atoms with E-state index in [1.165, 1.54) is 0 Å². The highest BCUT2D eigenvalue weighted by molar-refractivity contribution is 5.97. The van der Waals surface area contributed by atoms with Gasteiger partial charge in [0.2, 0.25) is 6.79 Å². The molecule has 1 aliphatic rings. The number of rotatable bonds is 3. The largest absolute Gasteiger partial charge is 0.454 e. The highest BCUT2D eigenvalue weighted by Gasteiger charge is 2.14. The van der Waals surface area contributed by atoms with Crippen molar-refractivity contribution in [2.24, 2.45) is 7.05 Å². The van der Waals surface area contributed by atoms with Gasteiger partial charge in [-0.2, -0.15) is 5.10 Å². The van der Waals surface area contributed by atoms with Crippen molar-refractivity contribution in [3.63, 3.8) is 0 Å². The van der Waals surface area contributed by atoms with Crippen LogP contribution in [-0.2, 0) is 13.6 Å². The second-order valence-electron chi connectivity index (χ2n) is 5.67. The van der Waals surface area contributed by atoms with E-state index in [0.29, 0.717) is 17.9 Å². The molecule has 0 spiro atoms. The van der Waals surface area contributed by atoms with Crippen molar-refractivity contribution in [1.29, 1.82) is 0 Å². The molecule has 7 heteroatoms. The molecule has 0 radical (unpaired) electrons. The van der Waals surface area contributed by atoms with Gasteiger partial charge in [-0.3, -0.25) is 9.48 Å². The Balaban J connectivity index is 1.51. The van der Waals surface area contributed by atoms with Crippen molar-refractivity contribution >= 4 is 16.9 Å². The van der Waals surface area contributed by atoms with Crippen LogP contribution in [-0.4, -0.2) is 27.5 Å². The lowest BCUT2D eigenvalue weighted by atomic mass is 10.1. The van der Waals surface area contributed by atoms with Gasteiger partial charge < -0.3 is 14.8 Å². The normalized spacial score (nSPS) is 12.6. The van der Waals surface area contributed by atoms with Gasteiger partial charge in [0.05, 0.1) is 11.3 Å². The Morgan fingerprint density at radius 1 is 1.29 bits per heavy atom. The monoisotopic (exact) mass is 324 g/mol. The molecule has 1 aromatic carbocycles. The van der Waals surface area contributed by atoms with Gasteiger partial charge in [-0.15, -0.1) is 0 Å². The maximum atomic E-state index is 12.4.